The van der Waals surface area contributed by atoms with Crippen LogP contribution >= 0.6 is 0 Å². The Morgan fingerprint density at radius 1 is 1.47 bits per heavy atom. The molecule has 0 atom stereocenters. The van der Waals surface area contributed by atoms with Crippen LogP contribution in [0.2, 0.25) is 0 Å². The molecule has 7 nitrogen and oxygen atoms in total. The van der Waals surface area contributed by atoms with Gasteiger partial charge >= 0.3 is 5.97 Å². The number of amides is 1. The largest absolute Gasteiger partial charge is 0.481 e. The molecular weight excluding hydrogens is 248 g/mol. The number of nitrogens with one attached hydrogen (secondary N) is 1. The number of carboxylic acid groups (broad SMARTS) is 1. The van der Waals surface area contributed by atoms with Gasteiger partial charge in [0, 0.05) is 13.1 Å². The maximum absolute atomic E-state index is 12.1. The second-order valence-electron chi connectivity index (χ2n) is 4.98. The summed E-state index contributed by atoms with van der Waals surface area (Å²) in [5, 5.41) is 19.2. The smallest absolute Gasteiger partial charge is 0.309 e. The van der Waals surface area contributed by atoms with Crippen molar-refractivity contribution in [2.45, 2.75) is 32.6 Å². The van der Waals surface area contributed by atoms with Gasteiger partial charge in [-0.15, -0.1) is 0 Å². The molecule has 2 heterocycles. The lowest BCUT2D eigenvalue weighted by atomic mass is 9.75. The van der Waals surface area contributed by atoms with Gasteiger partial charge in [0.25, 0.3) is 5.91 Å². The van der Waals surface area contributed by atoms with Gasteiger partial charge in [0.2, 0.25) is 0 Å². The van der Waals surface area contributed by atoms with Gasteiger partial charge in [0.15, 0.2) is 5.69 Å². The van der Waals surface area contributed by atoms with Crippen LogP contribution < -0.4 is 0 Å². The zero-order chi connectivity index (χ0) is 13.9. The van der Waals surface area contributed by atoms with Gasteiger partial charge in [-0.25, -0.2) is 0 Å². The minimum Gasteiger partial charge on any atom is -0.481 e. The molecule has 1 aromatic heterocycles. The Kier molecular flexibility index (Phi) is 3.82. The first-order chi connectivity index (χ1) is 9.09. The monoisotopic (exact) mass is 266 g/mol. The number of aromatic amines is 1. The van der Waals surface area contributed by atoms with E-state index in [1.165, 1.54) is 6.20 Å². The highest BCUT2D eigenvalue weighted by molar-refractivity contribution is 5.92. The highest BCUT2D eigenvalue weighted by Crippen LogP contribution is 2.36. The van der Waals surface area contributed by atoms with E-state index < -0.39 is 11.4 Å². The van der Waals surface area contributed by atoms with Gasteiger partial charge < -0.3 is 10.0 Å². The van der Waals surface area contributed by atoms with Crippen molar-refractivity contribution < 1.29 is 14.7 Å². The van der Waals surface area contributed by atoms with E-state index in [1.807, 2.05) is 6.92 Å². The average molecular weight is 266 g/mol. The number of carbonyl (C=O) groups excluding carboxylic acids is 1. The molecule has 0 aliphatic carbocycles. The Morgan fingerprint density at radius 2 is 2.16 bits per heavy atom. The Hall–Kier alpha value is -1.92. The third-order valence-electron chi connectivity index (χ3n) is 3.82. The van der Waals surface area contributed by atoms with Crippen LogP contribution in [-0.2, 0) is 4.79 Å². The molecule has 0 spiro atoms. The van der Waals surface area contributed by atoms with Crippen LogP contribution in [0.1, 0.15) is 43.1 Å². The fourth-order valence-corrected chi connectivity index (χ4v) is 2.65. The van der Waals surface area contributed by atoms with Crippen molar-refractivity contribution in [1.29, 1.82) is 0 Å². The molecule has 2 N–H and O–H groups in total. The number of aromatic nitrogens is 3. The van der Waals surface area contributed by atoms with Gasteiger partial charge in [-0.3, -0.25) is 9.59 Å². The first-order valence-corrected chi connectivity index (χ1v) is 6.47. The Bertz CT molecular complexity index is 450. The molecule has 104 valence electrons. The summed E-state index contributed by atoms with van der Waals surface area (Å²) in [5.74, 6) is -0.938. The van der Waals surface area contributed by atoms with Crippen molar-refractivity contribution in [1.82, 2.24) is 20.3 Å². The number of hydrogen-bond donors (Lipinski definition) is 2. The molecule has 0 saturated carbocycles. The van der Waals surface area contributed by atoms with E-state index in [0.717, 1.165) is 6.42 Å². The molecule has 1 aliphatic heterocycles. The molecule has 1 aromatic rings. The number of nitrogens with zero attached hydrogens (tertiary/aromatic N) is 3. The number of carboxylic acids is 1. The number of H-pyrrole nitrogens is 1. The SMILES string of the molecule is CCCC1(C(=O)O)CCN(C(=O)c2cn[nH]n2)CC1. The second kappa shape index (κ2) is 5.38. The van der Waals surface area contributed by atoms with E-state index in [4.69, 9.17) is 0 Å². The molecule has 1 amide bonds. The van der Waals surface area contributed by atoms with Crippen LogP contribution in [0.5, 0.6) is 0 Å². The van der Waals surface area contributed by atoms with Gasteiger partial charge in [-0.1, -0.05) is 13.3 Å². The number of likely N-dealkylation sites (tertiary alicyclic amines) is 1. The number of piperidine rings is 1. The average Bonchev–Trinajstić information content (AvgIpc) is 2.93. The van der Waals surface area contributed by atoms with Crippen molar-refractivity contribution in [3.05, 3.63) is 11.9 Å². The summed E-state index contributed by atoms with van der Waals surface area (Å²) in [5.41, 5.74) is -0.395. The lowest BCUT2D eigenvalue weighted by Crippen LogP contribution is -2.46. The first-order valence-electron chi connectivity index (χ1n) is 6.47. The minimum atomic E-state index is -0.747. The van der Waals surface area contributed by atoms with E-state index in [0.29, 0.717) is 32.4 Å². The molecule has 0 radical (unpaired) electrons. The summed E-state index contributed by atoms with van der Waals surface area (Å²) in [6.45, 7) is 2.90. The van der Waals surface area contributed by atoms with Crippen LogP contribution in [0.3, 0.4) is 0 Å². The van der Waals surface area contributed by atoms with Crippen LogP contribution in [0.25, 0.3) is 0 Å². The van der Waals surface area contributed by atoms with Crippen molar-refractivity contribution in [2.75, 3.05) is 13.1 Å². The summed E-state index contributed by atoms with van der Waals surface area (Å²) >= 11 is 0. The maximum atomic E-state index is 12.1. The molecule has 1 fully saturated rings. The van der Waals surface area contributed by atoms with Crippen molar-refractivity contribution in [3.63, 3.8) is 0 Å². The number of aliphatic carboxylic acids is 1. The number of rotatable bonds is 4. The molecule has 7 heteroatoms. The van der Waals surface area contributed by atoms with Gasteiger partial charge in [-0.2, -0.15) is 15.4 Å². The molecule has 1 saturated heterocycles. The normalized spacial score (nSPS) is 18.3. The quantitative estimate of drug-likeness (QED) is 0.844. The molecular formula is C12H18N4O3. The second-order valence-corrected chi connectivity index (χ2v) is 4.98. The maximum Gasteiger partial charge on any atom is 0.309 e. The van der Waals surface area contributed by atoms with E-state index in [-0.39, 0.29) is 11.6 Å². The first kappa shape index (κ1) is 13.5. The fraction of sp³-hybridized carbons (Fsp3) is 0.667. The fourth-order valence-electron chi connectivity index (χ4n) is 2.65. The molecule has 2 rings (SSSR count). The third kappa shape index (κ3) is 2.59. The van der Waals surface area contributed by atoms with Crippen molar-refractivity contribution >= 4 is 11.9 Å². The molecule has 19 heavy (non-hydrogen) atoms. The molecule has 0 bridgehead atoms. The summed E-state index contributed by atoms with van der Waals surface area (Å²) < 4.78 is 0. The molecule has 0 aromatic carbocycles. The predicted octanol–water partition coefficient (Wildman–Crippen LogP) is 0.912. The topological polar surface area (TPSA) is 99.2 Å². The standard InChI is InChI=1S/C12H18N4O3/c1-2-3-12(11(18)19)4-6-16(7-5-12)10(17)9-8-13-15-14-9/h8H,2-7H2,1H3,(H,18,19)(H,13,14,15). The predicted molar refractivity (Wildman–Crippen MR) is 66.5 cm³/mol. The zero-order valence-electron chi connectivity index (χ0n) is 10.9. The number of hydrogen-bond acceptors (Lipinski definition) is 4. The highest BCUT2D eigenvalue weighted by Gasteiger charge is 2.41. The third-order valence-corrected chi connectivity index (χ3v) is 3.82. The lowest BCUT2D eigenvalue weighted by molar-refractivity contribution is -0.152. The van der Waals surface area contributed by atoms with Crippen molar-refractivity contribution in [2.24, 2.45) is 5.41 Å². The van der Waals surface area contributed by atoms with Crippen LogP contribution in [0, 0.1) is 5.41 Å². The van der Waals surface area contributed by atoms with Crippen molar-refractivity contribution in [3.8, 4) is 0 Å². The minimum absolute atomic E-state index is 0.191. The Morgan fingerprint density at radius 3 is 2.63 bits per heavy atom. The van der Waals surface area contributed by atoms with Gasteiger partial charge in [0.05, 0.1) is 11.6 Å². The Labute approximate surface area is 111 Å². The molecule has 0 unspecified atom stereocenters. The lowest BCUT2D eigenvalue weighted by Gasteiger charge is -2.38. The summed E-state index contributed by atoms with van der Waals surface area (Å²) in [6, 6.07) is 0. The van der Waals surface area contributed by atoms with Crippen LogP contribution in [0.15, 0.2) is 6.20 Å². The highest BCUT2D eigenvalue weighted by atomic mass is 16.4. The summed E-state index contributed by atoms with van der Waals surface area (Å²) in [4.78, 5) is 25.1. The number of carbonyl (C=O) groups is 2. The van der Waals surface area contributed by atoms with Crippen LogP contribution in [-0.4, -0.2) is 50.4 Å². The van der Waals surface area contributed by atoms with Crippen LogP contribution in [0.4, 0.5) is 0 Å². The summed E-state index contributed by atoms with van der Waals surface area (Å²) in [6.07, 6.45) is 3.88. The van der Waals surface area contributed by atoms with Gasteiger partial charge in [-0.05, 0) is 19.3 Å². The van der Waals surface area contributed by atoms with Gasteiger partial charge in [0.1, 0.15) is 0 Å². The van der Waals surface area contributed by atoms with E-state index in [2.05, 4.69) is 15.4 Å². The van der Waals surface area contributed by atoms with E-state index in [9.17, 15) is 14.7 Å². The zero-order valence-corrected chi connectivity index (χ0v) is 10.9. The van der Waals surface area contributed by atoms with E-state index in [1.54, 1.807) is 4.90 Å². The summed E-state index contributed by atoms with van der Waals surface area (Å²) in [7, 11) is 0. The molecule has 1 aliphatic rings. The van der Waals surface area contributed by atoms with E-state index >= 15 is 0 Å². The Balaban J connectivity index is 2.02.